The van der Waals surface area contributed by atoms with Crippen molar-refractivity contribution in [3.63, 3.8) is 0 Å². The van der Waals surface area contributed by atoms with E-state index in [-0.39, 0.29) is 17.3 Å². The average molecular weight is 369 g/mol. The number of carbonyl (C=O) groups excluding carboxylic acids is 1. The first-order valence-electron chi connectivity index (χ1n) is 8.24. The van der Waals surface area contributed by atoms with E-state index < -0.39 is 5.82 Å². The maximum atomic E-state index is 14.3. The van der Waals surface area contributed by atoms with Crippen LogP contribution in [0.3, 0.4) is 0 Å². The Bertz CT molecular complexity index is 924. The fourth-order valence-corrected chi connectivity index (χ4v) is 3.80. The lowest BCUT2D eigenvalue weighted by Gasteiger charge is -2.25. The molecule has 0 spiro atoms. The lowest BCUT2D eigenvalue weighted by atomic mass is 10.1. The Balaban J connectivity index is 1.85. The van der Waals surface area contributed by atoms with Gasteiger partial charge in [0.2, 0.25) is 0 Å². The predicted octanol–water partition coefficient (Wildman–Crippen LogP) is 2.66. The van der Waals surface area contributed by atoms with Crippen LogP contribution >= 0.6 is 11.8 Å². The van der Waals surface area contributed by atoms with E-state index in [0.29, 0.717) is 24.3 Å². The Labute approximate surface area is 154 Å². The molecule has 26 heavy (non-hydrogen) atoms. The van der Waals surface area contributed by atoms with Crippen LogP contribution in [0.15, 0.2) is 48.8 Å². The van der Waals surface area contributed by atoms with Gasteiger partial charge in [-0.25, -0.2) is 9.07 Å². The summed E-state index contributed by atoms with van der Waals surface area (Å²) in [7, 11) is 0. The molecule has 3 heterocycles. The van der Waals surface area contributed by atoms with Crippen LogP contribution in [0.1, 0.15) is 10.5 Å². The third-order valence-corrected chi connectivity index (χ3v) is 5.13. The van der Waals surface area contributed by atoms with E-state index in [2.05, 4.69) is 15.3 Å². The highest BCUT2D eigenvalue weighted by Crippen LogP contribution is 2.27. The summed E-state index contributed by atoms with van der Waals surface area (Å²) in [4.78, 5) is 18.9. The molecule has 6 nitrogen and oxygen atoms in total. The van der Waals surface area contributed by atoms with Crippen molar-refractivity contribution >= 4 is 17.7 Å². The molecule has 1 aromatic carbocycles. The summed E-state index contributed by atoms with van der Waals surface area (Å²) >= 11 is 1.82. The fourth-order valence-electron chi connectivity index (χ4n) is 2.90. The molecule has 0 unspecified atom stereocenters. The number of carbonyl (C=O) groups is 1. The number of rotatable bonds is 3. The number of thioether (sulfide) groups is 1. The number of aromatic nitrogens is 4. The number of halogens is 1. The topological polar surface area (TPSA) is 63.9 Å². The summed E-state index contributed by atoms with van der Waals surface area (Å²) in [5, 5.41) is 8.19. The molecule has 8 heteroatoms. The predicted molar refractivity (Wildman–Crippen MR) is 97.8 cm³/mol. The molecule has 1 fully saturated rings. The largest absolute Gasteiger partial charge is 0.336 e. The highest BCUT2D eigenvalue weighted by molar-refractivity contribution is 7.99. The second-order valence-electron chi connectivity index (χ2n) is 5.80. The van der Waals surface area contributed by atoms with Gasteiger partial charge >= 0.3 is 0 Å². The monoisotopic (exact) mass is 369 g/mol. The Morgan fingerprint density at radius 3 is 2.65 bits per heavy atom. The number of hydrogen-bond donors (Lipinski definition) is 0. The van der Waals surface area contributed by atoms with Crippen molar-refractivity contribution in [1.29, 1.82) is 0 Å². The van der Waals surface area contributed by atoms with Crippen LogP contribution in [-0.4, -0.2) is 55.4 Å². The Hall–Kier alpha value is -2.74. The van der Waals surface area contributed by atoms with Crippen molar-refractivity contribution < 1.29 is 9.18 Å². The molecule has 0 N–H and O–H groups in total. The second-order valence-corrected chi connectivity index (χ2v) is 7.02. The van der Waals surface area contributed by atoms with Crippen LogP contribution in [0.25, 0.3) is 16.9 Å². The van der Waals surface area contributed by atoms with E-state index in [1.165, 1.54) is 10.7 Å². The van der Waals surface area contributed by atoms with Crippen LogP contribution in [-0.2, 0) is 0 Å². The number of pyridine rings is 1. The Kier molecular flexibility index (Phi) is 4.66. The lowest BCUT2D eigenvalue weighted by molar-refractivity contribution is 0.0767. The standard InChI is InChI=1S/C18H16FN5OS/c19-14-5-1-2-6-15(14)24-17(13-4-3-7-20-12-13)16(21-22-24)18(25)23-8-10-26-11-9-23/h1-7,12H,8-11H2. The SMILES string of the molecule is O=C(c1nnn(-c2ccccc2F)c1-c1cccnc1)N1CCSCC1. The molecule has 0 aliphatic carbocycles. The first kappa shape index (κ1) is 16.7. The number of nitrogens with zero attached hydrogens (tertiary/aromatic N) is 5. The highest BCUT2D eigenvalue weighted by Gasteiger charge is 2.28. The fraction of sp³-hybridized carbons (Fsp3) is 0.222. The summed E-state index contributed by atoms with van der Waals surface area (Å²) in [6, 6.07) is 9.86. The van der Waals surface area contributed by atoms with Gasteiger partial charge in [-0.1, -0.05) is 17.3 Å². The molecule has 4 rings (SSSR count). The molecule has 0 saturated carbocycles. The Morgan fingerprint density at radius 1 is 1.12 bits per heavy atom. The van der Waals surface area contributed by atoms with Gasteiger partial charge in [0, 0.05) is 42.6 Å². The van der Waals surface area contributed by atoms with E-state index in [1.54, 1.807) is 41.6 Å². The number of hydrogen-bond acceptors (Lipinski definition) is 5. The molecule has 1 aliphatic heterocycles. The minimum atomic E-state index is -0.434. The Morgan fingerprint density at radius 2 is 1.92 bits per heavy atom. The highest BCUT2D eigenvalue weighted by atomic mass is 32.2. The van der Waals surface area contributed by atoms with Crippen LogP contribution in [0.2, 0.25) is 0 Å². The summed E-state index contributed by atoms with van der Waals surface area (Å²) in [5.74, 6) is 1.17. The van der Waals surface area contributed by atoms with E-state index >= 15 is 0 Å². The number of para-hydroxylation sites is 1. The normalized spacial score (nSPS) is 14.4. The van der Waals surface area contributed by atoms with E-state index in [0.717, 1.165) is 11.5 Å². The molecule has 3 aromatic rings. The minimum Gasteiger partial charge on any atom is -0.336 e. The third kappa shape index (κ3) is 3.08. The van der Waals surface area contributed by atoms with Crippen LogP contribution in [0.4, 0.5) is 4.39 Å². The number of amides is 1. The molecule has 1 saturated heterocycles. The summed E-state index contributed by atoms with van der Waals surface area (Å²) in [5.41, 5.74) is 1.57. The van der Waals surface area contributed by atoms with Crippen LogP contribution < -0.4 is 0 Å². The third-order valence-electron chi connectivity index (χ3n) is 4.19. The van der Waals surface area contributed by atoms with Crippen molar-refractivity contribution in [3.8, 4) is 16.9 Å². The first-order valence-corrected chi connectivity index (χ1v) is 9.39. The van der Waals surface area contributed by atoms with Gasteiger partial charge < -0.3 is 4.90 Å². The van der Waals surface area contributed by atoms with E-state index in [9.17, 15) is 9.18 Å². The van der Waals surface area contributed by atoms with Crippen molar-refractivity contribution in [1.82, 2.24) is 24.9 Å². The van der Waals surface area contributed by atoms with Crippen molar-refractivity contribution in [2.24, 2.45) is 0 Å². The van der Waals surface area contributed by atoms with Gasteiger partial charge in [-0.15, -0.1) is 5.10 Å². The molecule has 0 atom stereocenters. The maximum absolute atomic E-state index is 14.3. The first-order chi connectivity index (χ1) is 12.8. The molecule has 1 amide bonds. The second kappa shape index (κ2) is 7.25. The summed E-state index contributed by atoms with van der Waals surface area (Å²) in [6.07, 6.45) is 3.27. The molecule has 0 bridgehead atoms. The summed E-state index contributed by atoms with van der Waals surface area (Å²) in [6.45, 7) is 1.34. The van der Waals surface area contributed by atoms with Crippen molar-refractivity contribution in [2.45, 2.75) is 0 Å². The van der Waals surface area contributed by atoms with Gasteiger partial charge in [0.15, 0.2) is 5.69 Å². The molecule has 2 aromatic heterocycles. The van der Waals surface area contributed by atoms with Gasteiger partial charge in [-0.3, -0.25) is 9.78 Å². The maximum Gasteiger partial charge on any atom is 0.276 e. The zero-order valence-corrected chi connectivity index (χ0v) is 14.7. The average Bonchev–Trinajstić information content (AvgIpc) is 3.14. The quantitative estimate of drug-likeness (QED) is 0.710. The molecule has 1 aliphatic rings. The smallest absolute Gasteiger partial charge is 0.276 e. The van der Waals surface area contributed by atoms with Gasteiger partial charge in [-0.2, -0.15) is 11.8 Å². The van der Waals surface area contributed by atoms with Gasteiger partial charge in [0.05, 0.1) is 0 Å². The zero-order chi connectivity index (χ0) is 17.9. The molecular formula is C18H16FN5OS. The van der Waals surface area contributed by atoms with Gasteiger partial charge in [0.1, 0.15) is 17.2 Å². The van der Waals surface area contributed by atoms with Crippen LogP contribution in [0, 0.1) is 5.82 Å². The minimum absolute atomic E-state index is 0.188. The van der Waals surface area contributed by atoms with E-state index in [4.69, 9.17) is 0 Å². The van der Waals surface area contributed by atoms with E-state index in [1.807, 2.05) is 17.8 Å². The lowest BCUT2D eigenvalue weighted by Crippen LogP contribution is -2.38. The van der Waals surface area contributed by atoms with Crippen molar-refractivity contribution in [2.75, 3.05) is 24.6 Å². The molecular weight excluding hydrogens is 353 g/mol. The zero-order valence-electron chi connectivity index (χ0n) is 13.9. The number of benzene rings is 1. The summed E-state index contributed by atoms with van der Waals surface area (Å²) < 4.78 is 15.7. The van der Waals surface area contributed by atoms with Crippen molar-refractivity contribution in [3.05, 3.63) is 60.3 Å². The van der Waals surface area contributed by atoms with Gasteiger partial charge in [0.25, 0.3) is 5.91 Å². The molecule has 132 valence electrons. The molecule has 0 radical (unpaired) electrons. The van der Waals surface area contributed by atoms with Gasteiger partial charge in [-0.05, 0) is 24.3 Å². The van der Waals surface area contributed by atoms with Crippen LogP contribution in [0.5, 0.6) is 0 Å².